The molecule has 36 heteroatoms. The van der Waals surface area contributed by atoms with E-state index < -0.39 is 187 Å². The lowest BCUT2D eigenvalue weighted by Gasteiger charge is -2.63. The largest absolute Gasteiger partial charge is 0.486 e. The van der Waals surface area contributed by atoms with E-state index in [1.807, 2.05) is 62.4 Å². The van der Waals surface area contributed by atoms with Crippen LogP contribution in [0.3, 0.4) is 0 Å². The molecule has 128 heavy (non-hydrogen) atoms. The number of carbonyl (C=O) groups excluding carboxylic acids is 10. The number of nitrogens with one attached hydrogen (secondary N) is 8. The van der Waals surface area contributed by atoms with Gasteiger partial charge in [-0.25, -0.2) is 18.4 Å². The minimum atomic E-state index is -2.27. The van der Waals surface area contributed by atoms with E-state index in [2.05, 4.69) is 61.0 Å². The van der Waals surface area contributed by atoms with Crippen molar-refractivity contribution < 1.29 is 125 Å². The third-order valence-corrected chi connectivity index (χ3v) is 24.4. The van der Waals surface area contributed by atoms with Crippen molar-refractivity contribution in [3.63, 3.8) is 0 Å². The first kappa shape index (κ1) is 99.5. The van der Waals surface area contributed by atoms with E-state index >= 15 is 8.78 Å². The second-order valence-corrected chi connectivity index (χ2v) is 33.5. The van der Waals surface area contributed by atoms with Crippen molar-refractivity contribution in [3.8, 4) is 17.6 Å². The number of nitrogens with two attached hydrogens (primary N) is 1. The molecule has 2 aliphatic heterocycles. The summed E-state index contributed by atoms with van der Waals surface area (Å²) in [7, 11) is 0. The van der Waals surface area contributed by atoms with Gasteiger partial charge in [-0.05, 0) is 141 Å². The number of rotatable bonds is 48. The molecule has 0 spiro atoms. The molecule has 0 radical (unpaired) electrons. The Morgan fingerprint density at radius 1 is 0.680 bits per heavy atom. The number of anilines is 3. The van der Waals surface area contributed by atoms with E-state index in [0.717, 1.165) is 16.7 Å². The molecule has 696 valence electrons. The molecule has 10 rings (SSSR count). The van der Waals surface area contributed by atoms with Crippen LogP contribution in [0.4, 0.5) is 35.4 Å². The average Bonchev–Trinajstić information content (AvgIpc) is 1.45. The highest BCUT2D eigenvalue weighted by atomic mass is 19.1. The summed E-state index contributed by atoms with van der Waals surface area (Å²) in [5, 5.41) is 82.6. The van der Waals surface area contributed by atoms with Crippen molar-refractivity contribution in [2.45, 2.75) is 203 Å². The molecule has 34 nitrogen and oxygen atoms in total. The standard InChI is InChI=1S/C92H120F2N10O24/c1-7-13-80-127-75-48-64-65-47-67(93)66-46-56(4)33-35-89(66,5)91(65,94)73(108)49-90(64,6)92(75,128-80)74(109)54-125-63-27-25-62(26-28-63)100-88(120)126-53-57-19-23-61(24-20-57)99-84(116)68(17-12-36-97-87(95)119)102-86(118)81(55(2)3)103-85(117)69(29-30-77(111)98-50-71(106)82(114)83(115)72(107)52-105)101-78(112)34-38-121-40-42-123-44-45-124-43-41-122-39-37-96-76(110)31-32-79(113)104-51-60-16-9-8-14-58(60)21-22-59-15-10-11-18-70(59)104/h8-11,14-16,18-20,23-28,33,35,46,55,64-65,67-69,71-73,75,80-83,105-108,114-115H,4,7,12-13,17,29-32,34,36-45,47-54H2,1-3,5-6H3,(H,96,110)(H,98,111)(H,99,116)(H,100,120)(H,101,112)(H,102,118)(H,103,117)(H3,95,97,119)/t64-,65-,67-,68-,69+,71-,72+,73-,75+,80?,81-,82+,83+,89-,90-,91-,92+/m0/s1. The Morgan fingerprint density at radius 2 is 1.31 bits per heavy atom. The Morgan fingerprint density at radius 3 is 2.00 bits per heavy atom. The maximum absolute atomic E-state index is 18.1. The van der Waals surface area contributed by atoms with Gasteiger partial charge in [-0.15, -0.1) is 0 Å². The molecular weight excluding hydrogens is 1670 g/mol. The quantitative estimate of drug-likeness (QED) is 0.0210. The van der Waals surface area contributed by atoms with E-state index in [-0.39, 0.29) is 153 Å². The van der Waals surface area contributed by atoms with Gasteiger partial charge in [-0.2, -0.15) is 0 Å². The second-order valence-electron chi connectivity index (χ2n) is 33.5. The summed E-state index contributed by atoms with van der Waals surface area (Å²) in [6, 6.07) is 22.3. The maximum Gasteiger partial charge on any atom is 0.411 e. The highest BCUT2D eigenvalue weighted by Gasteiger charge is 2.80. The van der Waals surface area contributed by atoms with Crippen LogP contribution in [0, 0.1) is 40.4 Å². The van der Waals surface area contributed by atoms with Crippen molar-refractivity contribution in [3.05, 3.63) is 155 Å². The number of hydrogen-bond acceptors (Lipinski definition) is 24. The number of benzene rings is 4. The maximum atomic E-state index is 18.1. The fraction of sp³-hybridized carbons (Fsp3) is 0.543. The van der Waals surface area contributed by atoms with Gasteiger partial charge < -0.3 is 116 Å². The van der Waals surface area contributed by atoms with Gasteiger partial charge in [0.2, 0.25) is 47.1 Å². The summed E-state index contributed by atoms with van der Waals surface area (Å²) in [6.07, 6.45) is -8.51. The van der Waals surface area contributed by atoms with E-state index in [4.69, 9.17) is 43.6 Å². The van der Waals surface area contributed by atoms with Crippen molar-refractivity contribution in [1.29, 1.82) is 0 Å². The van der Waals surface area contributed by atoms with Crippen LogP contribution in [0.15, 0.2) is 133 Å². The number of carbonyl (C=O) groups is 10. The Bertz CT molecular complexity index is 4670. The molecule has 16 N–H and O–H groups in total. The Labute approximate surface area is 741 Å². The van der Waals surface area contributed by atoms with Crippen molar-refractivity contribution >= 4 is 76.3 Å². The molecule has 0 bridgehead atoms. The van der Waals surface area contributed by atoms with Crippen LogP contribution in [-0.2, 0) is 84.7 Å². The van der Waals surface area contributed by atoms with E-state index in [0.29, 0.717) is 41.9 Å². The number of allylic oxidation sites excluding steroid dienone is 5. The Balaban J connectivity index is 0.652. The van der Waals surface area contributed by atoms with Crippen molar-refractivity contribution in [1.82, 2.24) is 31.9 Å². The summed E-state index contributed by atoms with van der Waals surface area (Å²) in [5.41, 5.74) is 3.67. The number of urea groups is 1. The van der Waals surface area contributed by atoms with Crippen LogP contribution in [0.2, 0.25) is 0 Å². The zero-order valence-electron chi connectivity index (χ0n) is 72.7. The predicted molar refractivity (Wildman–Crippen MR) is 462 cm³/mol. The van der Waals surface area contributed by atoms with Crippen molar-refractivity contribution in [2.75, 3.05) is 101 Å². The number of halogens is 2. The van der Waals surface area contributed by atoms with Gasteiger partial charge in [0, 0.05) is 84.6 Å². The number of primary amides is 1. The van der Waals surface area contributed by atoms with Crippen LogP contribution < -0.4 is 57.9 Å². The number of Topliss-reactive ketones (excluding diaryl/α,β-unsaturated/α-hetero) is 1. The number of amides is 10. The van der Waals surface area contributed by atoms with Gasteiger partial charge >= 0.3 is 12.1 Å². The SMILES string of the molecule is C=C1C=C[C@@]2(C)C(=C1)[C@@H](F)C[C@H]1[C@@H]3C[C@H]4OC(CCC)O[C@@]4(C(=O)COc4ccc(NC(=O)OCc5ccc(NC(=O)[C@H](CCCNC(N)=O)NC(=O)[C@@H](NC(=O)[C@@H](CCC(=O)NC[C@H](O)[C@@H](O)[C@H](O)[C@H](O)CO)NC(=O)CCOCCOCCOCCOCCNC(=O)CCC(=O)N6Cc7ccccc7C#Cc7ccccc76)C(C)C)cc5)cc4)[C@@]3(C)C[C@H](O)[C@@]12F. The number of alkyl halides is 2. The molecule has 4 aromatic carbocycles. The normalized spacial score (nSPS) is 23.9. The summed E-state index contributed by atoms with van der Waals surface area (Å²) in [6.45, 7) is 11.8. The van der Waals surface area contributed by atoms with Crippen molar-refractivity contribution in [2.24, 2.45) is 34.3 Å². The molecular formula is C92H120F2N10O24. The van der Waals surface area contributed by atoms with Crippen LogP contribution in [0.25, 0.3) is 0 Å². The van der Waals surface area contributed by atoms with Gasteiger partial charge in [0.1, 0.15) is 61.6 Å². The molecule has 1 unspecified atom stereocenters. The van der Waals surface area contributed by atoms with Gasteiger partial charge in [0.05, 0.1) is 90.0 Å². The smallest absolute Gasteiger partial charge is 0.411 e. The molecule has 2 heterocycles. The van der Waals surface area contributed by atoms with Gasteiger partial charge in [0.25, 0.3) is 0 Å². The number of nitrogens with zero attached hydrogens (tertiary/aromatic N) is 1. The number of hydrogen-bond donors (Lipinski definition) is 15. The fourth-order valence-electron chi connectivity index (χ4n) is 17.5. The van der Waals surface area contributed by atoms with E-state index in [1.165, 1.54) is 36.4 Å². The average molecular weight is 1790 g/mol. The molecule has 4 aliphatic carbocycles. The van der Waals surface area contributed by atoms with Gasteiger partial charge in [-0.1, -0.05) is 113 Å². The zero-order chi connectivity index (χ0) is 92.5. The topological polar surface area (TPSA) is 491 Å². The number of ether oxygens (including phenoxy) is 8. The first-order valence-corrected chi connectivity index (χ1v) is 43.4. The summed E-state index contributed by atoms with van der Waals surface area (Å²) < 4.78 is 81.5. The molecule has 1 saturated heterocycles. The monoisotopic (exact) mass is 1790 g/mol. The molecule has 10 amide bonds. The highest BCUT2D eigenvalue weighted by Crippen LogP contribution is 2.72. The molecule has 0 aromatic heterocycles. The van der Waals surface area contributed by atoms with Crippen LogP contribution in [-0.4, -0.2) is 254 Å². The first-order chi connectivity index (χ1) is 61.2. The lowest BCUT2D eigenvalue weighted by molar-refractivity contribution is -0.234. The van der Waals surface area contributed by atoms with E-state index in [1.54, 1.807) is 56.0 Å². The van der Waals surface area contributed by atoms with Crippen LogP contribution in [0.1, 0.15) is 134 Å². The number of para-hydroxylation sites is 1. The molecule has 4 aromatic rings. The zero-order valence-corrected chi connectivity index (χ0v) is 72.7. The van der Waals surface area contributed by atoms with Gasteiger partial charge in [0.15, 0.2) is 17.6 Å². The molecule has 4 fully saturated rings. The second kappa shape index (κ2) is 46.6. The summed E-state index contributed by atoms with van der Waals surface area (Å²) in [4.78, 5) is 137. The number of aliphatic hydroxyl groups excluding tert-OH is 6. The third-order valence-electron chi connectivity index (χ3n) is 24.4. The van der Waals surface area contributed by atoms with Crippen LogP contribution >= 0.6 is 0 Å². The summed E-state index contributed by atoms with van der Waals surface area (Å²) >= 11 is 0. The number of fused-ring (bicyclic) bond motifs is 9. The number of ketones is 1. The third kappa shape index (κ3) is 25.1. The van der Waals surface area contributed by atoms with E-state index in [9.17, 15) is 78.6 Å². The number of aliphatic hydroxyl groups is 6. The van der Waals surface area contributed by atoms with Crippen LogP contribution in [0.5, 0.6) is 5.75 Å². The lowest BCUT2D eigenvalue weighted by Crippen LogP contribution is -2.70. The molecule has 6 aliphatic rings. The first-order valence-electron chi connectivity index (χ1n) is 43.4. The molecule has 17 atom stereocenters. The fourth-order valence-corrected chi connectivity index (χ4v) is 17.5. The molecule has 3 saturated carbocycles. The Kier molecular flexibility index (Phi) is 36.2. The predicted octanol–water partition coefficient (Wildman–Crippen LogP) is 4.71. The van der Waals surface area contributed by atoms with Gasteiger partial charge in [-0.3, -0.25) is 43.7 Å². The lowest BCUT2D eigenvalue weighted by atomic mass is 9.44. The summed E-state index contributed by atoms with van der Waals surface area (Å²) in [5.74, 6) is -0.660. The highest BCUT2D eigenvalue weighted by molar-refractivity contribution is 6.00. The minimum Gasteiger partial charge on any atom is -0.486 e. The Hall–Kier alpha value is -10.7. The minimum absolute atomic E-state index is 0.000134.